The van der Waals surface area contributed by atoms with E-state index in [1.54, 1.807) is 0 Å². The van der Waals surface area contributed by atoms with Gasteiger partial charge in [0, 0.05) is 30.1 Å². The monoisotopic (exact) mass is 282 g/mol. The second-order valence-electron chi connectivity index (χ2n) is 4.95. The van der Waals surface area contributed by atoms with E-state index in [9.17, 15) is 4.79 Å². The summed E-state index contributed by atoms with van der Waals surface area (Å²) in [5, 5.41) is 15.0. The largest absolute Gasteiger partial charge is 0.396 e. The minimum Gasteiger partial charge on any atom is -0.396 e. The van der Waals surface area contributed by atoms with Gasteiger partial charge in [0.25, 0.3) is 0 Å². The number of halogens is 1. The van der Waals surface area contributed by atoms with Crippen molar-refractivity contribution in [2.24, 2.45) is 0 Å². The number of carbonyl (C=O) groups is 1. The minimum atomic E-state index is -0.188. The molecule has 0 radical (unpaired) electrons. The number of hydrogen-bond acceptors (Lipinski definition) is 2. The van der Waals surface area contributed by atoms with Gasteiger partial charge >= 0.3 is 6.03 Å². The number of carbonyl (C=O) groups excluding carboxylic acids is 1. The van der Waals surface area contributed by atoms with Crippen molar-refractivity contribution in [2.45, 2.75) is 24.7 Å². The average molecular weight is 283 g/mol. The molecule has 0 unspecified atom stereocenters. The van der Waals surface area contributed by atoms with Gasteiger partial charge in [0.05, 0.1) is 0 Å². The van der Waals surface area contributed by atoms with Gasteiger partial charge in [-0.05, 0) is 30.9 Å². The fourth-order valence-electron chi connectivity index (χ4n) is 2.18. The molecule has 0 aliphatic heterocycles. The van der Waals surface area contributed by atoms with Crippen molar-refractivity contribution in [3.63, 3.8) is 0 Å². The third-order valence-corrected chi connectivity index (χ3v) is 3.84. The lowest BCUT2D eigenvalue weighted by Crippen LogP contribution is -2.40. The van der Waals surface area contributed by atoms with E-state index in [0.717, 1.165) is 23.4 Å². The van der Waals surface area contributed by atoms with Crippen LogP contribution in [0.4, 0.5) is 4.79 Å². The fraction of sp³-hybridized carbons (Fsp3) is 0.500. The molecule has 104 valence electrons. The van der Waals surface area contributed by atoms with Gasteiger partial charge in [-0.1, -0.05) is 29.8 Å². The molecule has 0 bridgehead atoms. The molecule has 1 aliphatic carbocycles. The Bertz CT molecular complexity index is 447. The first-order valence-corrected chi connectivity index (χ1v) is 6.93. The van der Waals surface area contributed by atoms with Gasteiger partial charge in [-0.25, -0.2) is 4.79 Å². The van der Waals surface area contributed by atoms with Gasteiger partial charge in [0.15, 0.2) is 0 Å². The van der Waals surface area contributed by atoms with E-state index in [-0.39, 0.29) is 18.1 Å². The second-order valence-corrected chi connectivity index (χ2v) is 5.35. The minimum absolute atomic E-state index is 0.00661. The predicted molar refractivity (Wildman–Crippen MR) is 75.5 cm³/mol. The smallest absolute Gasteiger partial charge is 0.314 e. The van der Waals surface area contributed by atoms with Crippen LogP contribution in [0.5, 0.6) is 0 Å². The van der Waals surface area contributed by atoms with Crippen molar-refractivity contribution in [3.05, 3.63) is 34.9 Å². The quantitative estimate of drug-likeness (QED) is 0.700. The first-order chi connectivity index (χ1) is 9.18. The fourth-order valence-corrected chi connectivity index (χ4v) is 2.51. The van der Waals surface area contributed by atoms with Crippen molar-refractivity contribution >= 4 is 17.6 Å². The zero-order chi connectivity index (χ0) is 13.7. The summed E-state index contributed by atoms with van der Waals surface area (Å²) in [4.78, 5) is 11.6. The van der Waals surface area contributed by atoms with E-state index in [0.29, 0.717) is 19.5 Å². The number of benzene rings is 1. The molecular formula is C14H19ClN2O2. The van der Waals surface area contributed by atoms with E-state index in [1.807, 2.05) is 24.3 Å². The summed E-state index contributed by atoms with van der Waals surface area (Å²) in [6.45, 7) is 1.17. The Morgan fingerprint density at radius 2 is 2.05 bits per heavy atom. The third-order valence-electron chi connectivity index (χ3n) is 3.51. The van der Waals surface area contributed by atoms with E-state index >= 15 is 0 Å². The molecule has 1 aliphatic rings. The molecule has 2 rings (SSSR count). The highest BCUT2D eigenvalue weighted by Crippen LogP contribution is 2.49. The van der Waals surface area contributed by atoms with Gasteiger partial charge in [-0.15, -0.1) is 0 Å². The summed E-state index contributed by atoms with van der Waals surface area (Å²) < 4.78 is 0. The van der Waals surface area contributed by atoms with Gasteiger partial charge in [0.2, 0.25) is 0 Å². The molecule has 1 saturated carbocycles. The van der Waals surface area contributed by atoms with Crippen LogP contribution in [0.2, 0.25) is 5.02 Å². The normalized spacial score (nSPS) is 15.9. The van der Waals surface area contributed by atoms with E-state index in [4.69, 9.17) is 16.7 Å². The van der Waals surface area contributed by atoms with Crippen LogP contribution in [0.15, 0.2) is 24.3 Å². The van der Waals surface area contributed by atoms with E-state index < -0.39 is 0 Å². The van der Waals surface area contributed by atoms with Crippen LogP contribution in [0.25, 0.3) is 0 Å². The number of aliphatic hydroxyl groups is 1. The summed E-state index contributed by atoms with van der Waals surface area (Å²) in [7, 11) is 0. The Balaban J connectivity index is 1.86. The molecule has 1 fully saturated rings. The zero-order valence-corrected chi connectivity index (χ0v) is 11.5. The first-order valence-electron chi connectivity index (χ1n) is 6.55. The zero-order valence-electron chi connectivity index (χ0n) is 10.8. The van der Waals surface area contributed by atoms with Gasteiger partial charge in [0.1, 0.15) is 0 Å². The number of urea groups is 1. The maximum absolute atomic E-state index is 11.6. The number of rotatable bonds is 6. The molecule has 1 aromatic rings. The molecule has 4 nitrogen and oxygen atoms in total. The van der Waals surface area contributed by atoms with E-state index in [1.165, 1.54) is 0 Å². The molecule has 5 heteroatoms. The van der Waals surface area contributed by atoms with Crippen LogP contribution in [-0.4, -0.2) is 30.8 Å². The number of amides is 2. The number of aliphatic hydroxyl groups excluding tert-OH is 1. The lowest BCUT2D eigenvalue weighted by Gasteiger charge is -2.18. The van der Waals surface area contributed by atoms with Gasteiger partial charge < -0.3 is 15.7 Å². The molecule has 0 aromatic heterocycles. The van der Waals surface area contributed by atoms with Crippen LogP contribution in [-0.2, 0) is 5.41 Å². The van der Waals surface area contributed by atoms with Crippen LogP contribution in [0, 0.1) is 0 Å². The van der Waals surface area contributed by atoms with Crippen molar-refractivity contribution in [3.8, 4) is 0 Å². The second kappa shape index (κ2) is 6.26. The third kappa shape index (κ3) is 3.61. The van der Waals surface area contributed by atoms with Gasteiger partial charge in [-0.2, -0.15) is 0 Å². The SMILES string of the molecule is O=C(NCCCO)NCC1(c2ccccc2Cl)CC1. The Morgan fingerprint density at radius 3 is 2.68 bits per heavy atom. The van der Waals surface area contributed by atoms with Crippen LogP contribution < -0.4 is 10.6 Å². The number of hydrogen-bond donors (Lipinski definition) is 3. The van der Waals surface area contributed by atoms with Crippen LogP contribution in [0.1, 0.15) is 24.8 Å². The Hall–Kier alpha value is -1.26. The first kappa shape index (κ1) is 14.2. The summed E-state index contributed by atoms with van der Waals surface area (Å²) in [5.41, 5.74) is 1.12. The standard InChI is InChI=1S/C14H19ClN2O2/c15-12-5-2-1-4-11(12)14(6-7-14)10-17-13(19)16-8-3-9-18/h1-2,4-5,18H,3,6-10H2,(H2,16,17,19). The average Bonchev–Trinajstić information content (AvgIpc) is 3.18. The predicted octanol–water partition coefficient (Wildman–Crippen LogP) is 2.05. The highest BCUT2D eigenvalue weighted by molar-refractivity contribution is 6.31. The molecule has 19 heavy (non-hydrogen) atoms. The lowest BCUT2D eigenvalue weighted by molar-refractivity contribution is 0.237. The molecule has 1 aromatic carbocycles. The van der Waals surface area contributed by atoms with Crippen LogP contribution >= 0.6 is 11.6 Å². The molecule has 0 heterocycles. The molecule has 0 atom stereocenters. The van der Waals surface area contributed by atoms with Crippen LogP contribution in [0.3, 0.4) is 0 Å². The Labute approximate surface area is 118 Å². The summed E-state index contributed by atoms with van der Waals surface area (Å²) in [5.74, 6) is 0. The summed E-state index contributed by atoms with van der Waals surface area (Å²) in [6.07, 6.45) is 2.67. The number of nitrogens with one attached hydrogen (secondary N) is 2. The highest BCUT2D eigenvalue weighted by atomic mass is 35.5. The summed E-state index contributed by atoms with van der Waals surface area (Å²) >= 11 is 6.21. The van der Waals surface area contributed by atoms with E-state index in [2.05, 4.69) is 10.6 Å². The molecule has 0 saturated heterocycles. The maximum atomic E-state index is 11.6. The lowest BCUT2D eigenvalue weighted by atomic mass is 9.96. The maximum Gasteiger partial charge on any atom is 0.314 e. The van der Waals surface area contributed by atoms with Crippen molar-refractivity contribution < 1.29 is 9.90 Å². The Morgan fingerprint density at radius 1 is 1.32 bits per heavy atom. The highest BCUT2D eigenvalue weighted by Gasteiger charge is 2.45. The van der Waals surface area contributed by atoms with Gasteiger partial charge in [-0.3, -0.25) is 0 Å². The molecule has 2 amide bonds. The molecule has 3 N–H and O–H groups in total. The van der Waals surface area contributed by atoms with Crippen molar-refractivity contribution in [1.29, 1.82) is 0 Å². The summed E-state index contributed by atoms with van der Waals surface area (Å²) in [6, 6.07) is 7.62. The molecular weight excluding hydrogens is 264 g/mol. The van der Waals surface area contributed by atoms with Crippen molar-refractivity contribution in [1.82, 2.24) is 10.6 Å². The molecule has 0 spiro atoms. The topological polar surface area (TPSA) is 61.4 Å². The Kier molecular flexibility index (Phi) is 4.66. The van der Waals surface area contributed by atoms with Crippen molar-refractivity contribution in [2.75, 3.05) is 19.7 Å².